The van der Waals surface area contributed by atoms with Gasteiger partial charge in [0, 0.05) is 52.2 Å². The Balaban J connectivity index is 1.28. The van der Waals surface area contributed by atoms with Crippen LogP contribution in [-0.4, -0.2) is 62.1 Å². The molecule has 1 fully saturated rings. The van der Waals surface area contributed by atoms with Crippen LogP contribution in [0, 0.1) is 0 Å². The molecule has 5 nitrogen and oxygen atoms in total. The minimum Gasteiger partial charge on any atom is -0.497 e. The Bertz CT molecular complexity index is 728. The number of carbonyl (C=O) groups is 1. The quantitative estimate of drug-likeness (QED) is 0.725. The molecule has 0 radical (unpaired) electrons. The summed E-state index contributed by atoms with van der Waals surface area (Å²) in [6.45, 7) is 6.95. The molecule has 150 valence electrons. The maximum absolute atomic E-state index is 12.1. The van der Waals surface area contributed by atoms with E-state index < -0.39 is 0 Å². The standard InChI is InChI=1S/C23H31N3O2/c1-28-22-9-5-8-20(18-22)10-11-23(27)24-12-13-25-14-16-26(17-15-25)19-21-6-3-2-4-7-21/h2-9,18H,10-17,19H2,1H3,(H,24,27). The highest BCUT2D eigenvalue weighted by molar-refractivity contribution is 5.76. The lowest BCUT2D eigenvalue weighted by Crippen LogP contribution is -2.48. The summed E-state index contributed by atoms with van der Waals surface area (Å²) in [6, 6.07) is 18.5. The number of methoxy groups -OCH3 is 1. The maximum atomic E-state index is 12.1. The number of ether oxygens (including phenoxy) is 1. The van der Waals surface area contributed by atoms with Gasteiger partial charge in [-0.15, -0.1) is 0 Å². The van der Waals surface area contributed by atoms with Gasteiger partial charge in [-0.2, -0.15) is 0 Å². The third kappa shape index (κ3) is 6.66. The lowest BCUT2D eigenvalue weighted by Gasteiger charge is -2.34. The Labute approximate surface area is 168 Å². The predicted molar refractivity (Wildman–Crippen MR) is 112 cm³/mol. The molecule has 1 amide bonds. The molecule has 1 aliphatic rings. The number of nitrogens with one attached hydrogen (secondary N) is 1. The Morgan fingerprint density at radius 2 is 1.68 bits per heavy atom. The number of nitrogens with zero attached hydrogens (tertiary/aromatic N) is 2. The summed E-state index contributed by atoms with van der Waals surface area (Å²) in [5.74, 6) is 0.954. The number of hydrogen-bond acceptors (Lipinski definition) is 4. The highest BCUT2D eigenvalue weighted by atomic mass is 16.5. The topological polar surface area (TPSA) is 44.8 Å². The summed E-state index contributed by atoms with van der Waals surface area (Å²) < 4.78 is 5.22. The molecular formula is C23H31N3O2. The summed E-state index contributed by atoms with van der Waals surface area (Å²) in [5, 5.41) is 3.05. The maximum Gasteiger partial charge on any atom is 0.220 e. The van der Waals surface area contributed by atoms with E-state index in [0.29, 0.717) is 6.42 Å². The van der Waals surface area contributed by atoms with E-state index in [1.165, 1.54) is 5.56 Å². The molecule has 1 N–H and O–H groups in total. The van der Waals surface area contributed by atoms with Gasteiger partial charge in [-0.3, -0.25) is 14.6 Å². The summed E-state index contributed by atoms with van der Waals surface area (Å²) in [6.07, 6.45) is 1.25. The van der Waals surface area contributed by atoms with Gasteiger partial charge < -0.3 is 10.1 Å². The minimum atomic E-state index is 0.116. The van der Waals surface area contributed by atoms with Crippen molar-refractivity contribution in [2.45, 2.75) is 19.4 Å². The first kappa shape index (κ1) is 20.4. The molecule has 1 heterocycles. The van der Waals surface area contributed by atoms with Crippen molar-refractivity contribution in [2.24, 2.45) is 0 Å². The average Bonchev–Trinajstić information content (AvgIpc) is 2.74. The molecule has 28 heavy (non-hydrogen) atoms. The van der Waals surface area contributed by atoms with Crippen molar-refractivity contribution in [3.8, 4) is 5.75 Å². The fourth-order valence-corrected chi connectivity index (χ4v) is 3.54. The number of benzene rings is 2. The van der Waals surface area contributed by atoms with Gasteiger partial charge in [-0.05, 0) is 29.7 Å². The van der Waals surface area contributed by atoms with E-state index >= 15 is 0 Å². The molecule has 0 unspecified atom stereocenters. The Morgan fingerprint density at radius 3 is 2.43 bits per heavy atom. The van der Waals surface area contributed by atoms with Crippen LogP contribution in [0.2, 0.25) is 0 Å². The molecule has 5 heteroatoms. The Kier molecular flexibility index (Phi) is 7.88. The van der Waals surface area contributed by atoms with Crippen molar-refractivity contribution in [3.63, 3.8) is 0 Å². The second-order valence-corrected chi connectivity index (χ2v) is 7.30. The molecule has 0 aliphatic carbocycles. The second kappa shape index (κ2) is 10.8. The van der Waals surface area contributed by atoms with Crippen LogP contribution >= 0.6 is 0 Å². The van der Waals surface area contributed by atoms with Crippen molar-refractivity contribution in [2.75, 3.05) is 46.4 Å². The van der Waals surface area contributed by atoms with Gasteiger partial charge in [0.15, 0.2) is 0 Å². The normalized spacial score (nSPS) is 15.3. The highest BCUT2D eigenvalue weighted by Gasteiger charge is 2.16. The van der Waals surface area contributed by atoms with Gasteiger partial charge in [-0.25, -0.2) is 0 Å². The van der Waals surface area contributed by atoms with Crippen LogP contribution in [0.5, 0.6) is 5.75 Å². The number of piperazine rings is 1. The molecule has 0 atom stereocenters. The predicted octanol–water partition coefficient (Wildman–Crippen LogP) is 2.56. The molecule has 0 bridgehead atoms. The van der Waals surface area contributed by atoms with Crippen LogP contribution in [-0.2, 0) is 17.8 Å². The lowest BCUT2D eigenvalue weighted by atomic mass is 10.1. The zero-order valence-corrected chi connectivity index (χ0v) is 16.8. The van der Waals surface area contributed by atoms with E-state index in [1.807, 2.05) is 24.3 Å². The van der Waals surface area contributed by atoms with Gasteiger partial charge in [0.25, 0.3) is 0 Å². The monoisotopic (exact) mass is 381 g/mol. The molecule has 2 aromatic rings. The van der Waals surface area contributed by atoms with Gasteiger partial charge >= 0.3 is 0 Å². The van der Waals surface area contributed by atoms with Crippen LogP contribution in [0.4, 0.5) is 0 Å². The fraction of sp³-hybridized carbons (Fsp3) is 0.435. The molecule has 0 aromatic heterocycles. The summed E-state index contributed by atoms with van der Waals surface area (Å²) in [7, 11) is 1.66. The molecule has 1 saturated heterocycles. The number of amides is 1. The first-order valence-corrected chi connectivity index (χ1v) is 10.1. The smallest absolute Gasteiger partial charge is 0.220 e. The van der Waals surface area contributed by atoms with Crippen molar-refractivity contribution in [1.82, 2.24) is 15.1 Å². The van der Waals surface area contributed by atoms with E-state index in [1.54, 1.807) is 7.11 Å². The number of carbonyl (C=O) groups excluding carboxylic acids is 1. The van der Waals surface area contributed by atoms with Crippen molar-refractivity contribution in [1.29, 1.82) is 0 Å². The van der Waals surface area contributed by atoms with E-state index in [9.17, 15) is 4.79 Å². The summed E-state index contributed by atoms with van der Waals surface area (Å²) >= 11 is 0. The van der Waals surface area contributed by atoms with Crippen molar-refractivity contribution < 1.29 is 9.53 Å². The van der Waals surface area contributed by atoms with Crippen molar-refractivity contribution >= 4 is 5.91 Å². The number of rotatable bonds is 9. The largest absolute Gasteiger partial charge is 0.497 e. The lowest BCUT2D eigenvalue weighted by molar-refractivity contribution is -0.121. The zero-order chi connectivity index (χ0) is 19.6. The van der Waals surface area contributed by atoms with E-state index in [2.05, 4.69) is 45.4 Å². The highest BCUT2D eigenvalue weighted by Crippen LogP contribution is 2.13. The summed E-state index contributed by atoms with van der Waals surface area (Å²) in [5.41, 5.74) is 2.50. The molecule has 1 aliphatic heterocycles. The molecular weight excluding hydrogens is 350 g/mol. The van der Waals surface area contributed by atoms with Gasteiger partial charge in [0.1, 0.15) is 5.75 Å². The second-order valence-electron chi connectivity index (χ2n) is 7.30. The zero-order valence-electron chi connectivity index (χ0n) is 16.8. The molecule has 0 saturated carbocycles. The number of aryl methyl sites for hydroxylation is 1. The van der Waals surface area contributed by atoms with Gasteiger partial charge in [0.05, 0.1) is 7.11 Å². The van der Waals surface area contributed by atoms with Gasteiger partial charge in [0.2, 0.25) is 5.91 Å². The fourth-order valence-electron chi connectivity index (χ4n) is 3.54. The third-order valence-corrected chi connectivity index (χ3v) is 5.24. The summed E-state index contributed by atoms with van der Waals surface area (Å²) in [4.78, 5) is 17.0. The van der Waals surface area contributed by atoms with Crippen LogP contribution < -0.4 is 10.1 Å². The first-order chi connectivity index (χ1) is 13.7. The molecule has 3 rings (SSSR count). The van der Waals surface area contributed by atoms with Crippen LogP contribution in [0.3, 0.4) is 0 Å². The van der Waals surface area contributed by atoms with Crippen LogP contribution in [0.15, 0.2) is 54.6 Å². The number of hydrogen-bond donors (Lipinski definition) is 1. The SMILES string of the molecule is COc1cccc(CCC(=O)NCCN2CCN(Cc3ccccc3)CC2)c1. The van der Waals surface area contributed by atoms with Crippen molar-refractivity contribution in [3.05, 3.63) is 65.7 Å². The van der Waals surface area contributed by atoms with E-state index in [0.717, 1.165) is 63.5 Å². The Morgan fingerprint density at radius 1 is 0.964 bits per heavy atom. The van der Waals surface area contributed by atoms with E-state index in [-0.39, 0.29) is 5.91 Å². The van der Waals surface area contributed by atoms with Crippen LogP contribution in [0.25, 0.3) is 0 Å². The Hall–Kier alpha value is -2.37. The van der Waals surface area contributed by atoms with Gasteiger partial charge in [-0.1, -0.05) is 42.5 Å². The molecule has 2 aromatic carbocycles. The van der Waals surface area contributed by atoms with E-state index in [4.69, 9.17) is 4.74 Å². The molecule has 0 spiro atoms. The van der Waals surface area contributed by atoms with Crippen LogP contribution in [0.1, 0.15) is 17.5 Å². The minimum absolute atomic E-state index is 0.116. The average molecular weight is 382 g/mol. The third-order valence-electron chi connectivity index (χ3n) is 5.24. The first-order valence-electron chi connectivity index (χ1n) is 10.1.